The first kappa shape index (κ1) is 18.0. The first-order valence-corrected chi connectivity index (χ1v) is 10.1. The fraction of sp³-hybridized carbons (Fsp3) is 0.727. The average Bonchev–Trinajstić information content (AvgIpc) is 2.87. The molecule has 4 rings (SSSR count). The summed E-state index contributed by atoms with van der Waals surface area (Å²) in [4.78, 5) is 24.0. The van der Waals surface area contributed by atoms with Crippen molar-refractivity contribution in [2.24, 2.45) is 29.1 Å². The van der Waals surface area contributed by atoms with E-state index in [0.717, 1.165) is 44.1 Å². The lowest BCUT2D eigenvalue weighted by Crippen LogP contribution is -2.49. The lowest BCUT2D eigenvalue weighted by Gasteiger charge is -2.53. The van der Waals surface area contributed by atoms with Crippen LogP contribution in [0.5, 0.6) is 0 Å². The molecule has 142 valence electrons. The number of carbonyl (C=O) groups is 2. The summed E-state index contributed by atoms with van der Waals surface area (Å²) in [7, 11) is 0. The molecule has 0 aromatic rings. The molecule has 0 heterocycles. The molecule has 0 aromatic heterocycles. The van der Waals surface area contributed by atoms with Gasteiger partial charge in [-0.15, -0.1) is 0 Å². The summed E-state index contributed by atoms with van der Waals surface area (Å²) in [6.45, 7) is 5.78. The molecule has 0 bridgehead atoms. The zero-order valence-corrected chi connectivity index (χ0v) is 16.1. The van der Waals surface area contributed by atoms with Crippen LogP contribution in [0.1, 0.15) is 65.7 Å². The average molecular weight is 358 g/mol. The molecule has 0 amide bonds. The highest BCUT2D eigenvalue weighted by Gasteiger charge is 2.58. The van der Waals surface area contributed by atoms with Crippen LogP contribution in [-0.2, 0) is 14.3 Å². The second kappa shape index (κ2) is 6.05. The highest BCUT2D eigenvalue weighted by atomic mass is 16.7. The van der Waals surface area contributed by atoms with E-state index < -0.39 is 11.8 Å². The quantitative estimate of drug-likeness (QED) is 0.600. The molecule has 4 heteroatoms. The maximum Gasteiger partial charge on any atom is 0.305 e. The van der Waals surface area contributed by atoms with Crippen LogP contribution in [0, 0.1) is 29.1 Å². The summed E-state index contributed by atoms with van der Waals surface area (Å²) in [6.07, 6.45) is 10.0. The van der Waals surface area contributed by atoms with Crippen molar-refractivity contribution in [1.29, 1.82) is 0 Å². The molecule has 0 spiro atoms. The smallest absolute Gasteiger partial charge is 0.305 e. The number of carbonyl (C=O) groups excluding carboxylic acids is 2. The fourth-order valence-corrected chi connectivity index (χ4v) is 6.59. The monoisotopic (exact) mass is 358 g/mol. The Labute approximate surface area is 155 Å². The molecule has 4 nitrogen and oxygen atoms in total. The molecule has 26 heavy (non-hydrogen) atoms. The lowest BCUT2D eigenvalue weighted by atomic mass is 9.50. The van der Waals surface area contributed by atoms with Crippen molar-refractivity contribution in [1.82, 2.24) is 0 Å². The van der Waals surface area contributed by atoms with Crippen molar-refractivity contribution in [3.05, 3.63) is 23.3 Å². The Balaban J connectivity index is 1.67. The van der Waals surface area contributed by atoms with Gasteiger partial charge < -0.3 is 9.84 Å². The Hall–Kier alpha value is -1.42. The van der Waals surface area contributed by atoms with Crippen molar-refractivity contribution in [2.75, 3.05) is 0 Å². The number of esters is 1. The summed E-state index contributed by atoms with van der Waals surface area (Å²) < 4.78 is 5.17. The zero-order chi connectivity index (χ0) is 18.7. The highest BCUT2D eigenvalue weighted by Crippen LogP contribution is 2.62. The highest BCUT2D eigenvalue weighted by molar-refractivity contribution is 5.87. The Morgan fingerprint density at radius 1 is 1.35 bits per heavy atom. The number of allylic oxidation sites excluding steroid dienone is 2. The molecule has 4 aliphatic carbocycles. The normalized spacial score (nSPS) is 44.4. The summed E-state index contributed by atoms with van der Waals surface area (Å²) >= 11 is 0. The third-order valence-electron chi connectivity index (χ3n) is 7.65. The second-order valence-corrected chi connectivity index (χ2v) is 9.06. The number of hydrogen-bond acceptors (Lipinski definition) is 4. The predicted octanol–water partition coefficient (Wildman–Crippen LogP) is 3.94. The van der Waals surface area contributed by atoms with Crippen molar-refractivity contribution >= 4 is 11.8 Å². The molecule has 6 atom stereocenters. The Bertz CT molecular complexity index is 705. The third kappa shape index (κ3) is 2.60. The van der Waals surface area contributed by atoms with Gasteiger partial charge in [-0.25, -0.2) is 0 Å². The Kier molecular flexibility index (Phi) is 4.18. The summed E-state index contributed by atoms with van der Waals surface area (Å²) in [6, 6.07) is 0. The van der Waals surface area contributed by atoms with Gasteiger partial charge in [0.25, 0.3) is 0 Å². The van der Waals surface area contributed by atoms with Gasteiger partial charge in [0.2, 0.25) is 5.79 Å². The van der Waals surface area contributed by atoms with E-state index in [0.29, 0.717) is 35.9 Å². The minimum atomic E-state index is -1.49. The van der Waals surface area contributed by atoms with Crippen LogP contribution in [0.25, 0.3) is 0 Å². The maximum atomic E-state index is 12.6. The minimum absolute atomic E-state index is 0.128. The van der Waals surface area contributed by atoms with E-state index in [4.69, 9.17) is 4.74 Å². The number of ether oxygens (including phenoxy) is 1. The maximum absolute atomic E-state index is 12.6. The van der Waals surface area contributed by atoms with E-state index in [9.17, 15) is 14.7 Å². The lowest BCUT2D eigenvalue weighted by molar-refractivity contribution is -0.187. The van der Waals surface area contributed by atoms with E-state index in [1.807, 2.05) is 0 Å². The molecule has 0 saturated heterocycles. The summed E-state index contributed by atoms with van der Waals surface area (Å²) in [5, 5.41) is 10.6. The van der Waals surface area contributed by atoms with Gasteiger partial charge in [0, 0.05) is 25.2 Å². The predicted molar refractivity (Wildman–Crippen MR) is 97.9 cm³/mol. The van der Waals surface area contributed by atoms with Crippen LogP contribution in [0.4, 0.5) is 0 Å². The molecular weight excluding hydrogens is 328 g/mol. The molecule has 0 radical (unpaired) electrons. The largest absolute Gasteiger partial charge is 0.429 e. The molecule has 1 unspecified atom stereocenters. The number of hydrogen-bond donors (Lipinski definition) is 1. The van der Waals surface area contributed by atoms with E-state index in [2.05, 4.69) is 19.9 Å². The van der Waals surface area contributed by atoms with Gasteiger partial charge in [0.1, 0.15) is 5.78 Å². The summed E-state index contributed by atoms with van der Waals surface area (Å²) in [5.74, 6) is 0.574. The third-order valence-corrected chi connectivity index (χ3v) is 7.65. The molecule has 0 aliphatic heterocycles. The minimum Gasteiger partial charge on any atom is -0.429 e. The molecular formula is C22H30O4. The molecule has 0 aromatic carbocycles. The van der Waals surface area contributed by atoms with E-state index in [1.54, 1.807) is 6.08 Å². The number of rotatable bonds is 2. The van der Waals surface area contributed by atoms with Crippen molar-refractivity contribution < 1.29 is 19.4 Å². The van der Waals surface area contributed by atoms with E-state index in [1.165, 1.54) is 12.5 Å². The molecule has 1 N–H and O–H groups in total. The van der Waals surface area contributed by atoms with Crippen molar-refractivity contribution in [3.8, 4) is 0 Å². The number of aliphatic hydroxyl groups is 1. The zero-order valence-electron chi connectivity index (χ0n) is 16.1. The van der Waals surface area contributed by atoms with Crippen LogP contribution in [0.2, 0.25) is 0 Å². The van der Waals surface area contributed by atoms with Gasteiger partial charge in [-0.3, -0.25) is 9.59 Å². The summed E-state index contributed by atoms with van der Waals surface area (Å²) in [5.41, 5.74) is 2.37. The standard InChI is InChI=1S/C22H30O4/c1-4-14-11-21(3)18(7-8-19(21)24)17-6-5-15-12-22(25,26-13(2)23)10-9-16(15)20(14)17/h9,12,14,17-18,20,25H,4-8,10-11H2,1-3H3/t14-,17-,18-,20+,21-,22?/m0/s1. The second-order valence-electron chi connectivity index (χ2n) is 9.06. The van der Waals surface area contributed by atoms with Crippen molar-refractivity contribution in [2.45, 2.75) is 71.5 Å². The molecule has 4 aliphatic rings. The van der Waals surface area contributed by atoms with Crippen molar-refractivity contribution in [3.63, 3.8) is 0 Å². The van der Waals surface area contributed by atoms with Gasteiger partial charge in [-0.05, 0) is 66.6 Å². The van der Waals surface area contributed by atoms with E-state index in [-0.39, 0.29) is 5.41 Å². The first-order valence-electron chi connectivity index (χ1n) is 10.1. The Morgan fingerprint density at radius 2 is 2.12 bits per heavy atom. The van der Waals surface area contributed by atoms with Gasteiger partial charge in [-0.2, -0.15) is 0 Å². The van der Waals surface area contributed by atoms with Crippen LogP contribution in [0.15, 0.2) is 23.3 Å². The number of Topliss-reactive ketones (excluding diaryl/α,β-unsaturated/α-hetero) is 1. The molecule has 3 fully saturated rings. The number of fused-ring (bicyclic) bond motifs is 5. The SMILES string of the molecule is CC[C@H]1C[C@]2(C)C(=O)CC[C@H]2[C@@H]2CCC3=CC(O)(OC(C)=O)CC=C3[C@@H]12. The van der Waals surface area contributed by atoms with Gasteiger partial charge >= 0.3 is 5.97 Å². The topological polar surface area (TPSA) is 63.6 Å². The first-order chi connectivity index (χ1) is 12.3. The van der Waals surface area contributed by atoms with Crippen LogP contribution in [-0.4, -0.2) is 22.6 Å². The van der Waals surface area contributed by atoms with Gasteiger partial charge in [0.15, 0.2) is 0 Å². The van der Waals surface area contributed by atoms with Crippen LogP contribution >= 0.6 is 0 Å². The fourth-order valence-electron chi connectivity index (χ4n) is 6.59. The van der Waals surface area contributed by atoms with Gasteiger partial charge in [-0.1, -0.05) is 26.3 Å². The molecule has 3 saturated carbocycles. The van der Waals surface area contributed by atoms with Crippen LogP contribution in [0.3, 0.4) is 0 Å². The van der Waals surface area contributed by atoms with Crippen LogP contribution < -0.4 is 0 Å². The van der Waals surface area contributed by atoms with Gasteiger partial charge in [0.05, 0.1) is 0 Å². The Morgan fingerprint density at radius 3 is 2.81 bits per heavy atom. The van der Waals surface area contributed by atoms with E-state index >= 15 is 0 Å². The number of ketones is 1.